The van der Waals surface area contributed by atoms with E-state index in [-0.39, 0.29) is 0 Å². The van der Waals surface area contributed by atoms with E-state index in [2.05, 4.69) is 36.2 Å². The molecule has 0 saturated heterocycles. The molecule has 4 rings (SSSR count). The molecule has 0 bridgehead atoms. The maximum Gasteiger partial charge on any atom is 0.316 e. The lowest BCUT2D eigenvalue weighted by Crippen LogP contribution is -2.32. The average molecular weight is 387 g/mol. The van der Waals surface area contributed by atoms with Crippen molar-refractivity contribution in [1.29, 1.82) is 5.26 Å². The molecule has 0 radical (unpaired) electrons. The summed E-state index contributed by atoms with van der Waals surface area (Å²) in [4.78, 5) is 19.4. The minimum atomic E-state index is 0.343. The van der Waals surface area contributed by atoms with Gasteiger partial charge in [-0.3, -0.25) is 0 Å². The third kappa shape index (κ3) is 3.94. The fraction of sp³-hybridized carbons (Fsp3) is 0.286. The van der Waals surface area contributed by atoms with Crippen LogP contribution in [0.2, 0.25) is 0 Å². The Labute approximate surface area is 169 Å². The maximum absolute atomic E-state index is 9.54. The molecule has 1 N–H and O–H groups in total. The van der Waals surface area contributed by atoms with Gasteiger partial charge in [-0.05, 0) is 24.6 Å². The maximum atomic E-state index is 9.54. The minimum Gasteiger partial charge on any atom is -0.467 e. The molecule has 29 heavy (non-hydrogen) atoms. The number of methoxy groups -OCH3 is 1. The molecular weight excluding hydrogens is 366 g/mol. The molecule has 8 heteroatoms. The zero-order chi connectivity index (χ0) is 20.2. The lowest BCUT2D eigenvalue weighted by molar-refractivity contribution is 0.379. The van der Waals surface area contributed by atoms with E-state index in [1.54, 1.807) is 18.7 Å². The highest BCUT2D eigenvalue weighted by molar-refractivity contribution is 5.62. The standard InChI is InChI=1S/C21H21N7O/c1-14-3-4-19(16(7-14)8-22)28-6-5-18-17(12-28)20(27-13-26-18)23-9-15-10-24-21(29-2)25-11-15/h3-4,7,10-11,13H,5-6,9,12H2,1-2H3,(H,23,26,27). The molecule has 1 aliphatic heterocycles. The molecule has 146 valence electrons. The first-order valence-electron chi connectivity index (χ1n) is 9.35. The Bertz CT molecular complexity index is 1060. The molecule has 0 aliphatic carbocycles. The van der Waals surface area contributed by atoms with Gasteiger partial charge < -0.3 is 15.0 Å². The van der Waals surface area contributed by atoms with Gasteiger partial charge in [0.25, 0.3) is 0 Å². The molecule has 8 nitrogen and oxygen atoms in total. The van der Waals surface area contributed by atoms with Crippen LogP contribution in [0.25, 0.3) is 0 Å². The zero-order valence-electron chi connectivity index (χ0n) is 16.4. The van der Waals surface area contributed by atoms with Gasteiger partial charge in [-0.2, -0.15) is 5.26 Å². The third-order valence-corrected chi connectivity index (χ3v) is 4.94. The molecular formula is C21H21N7O. The largest absolute Gasteiger partial charge is 0.467 e. The van der Waals surface area contributed by atoms with E-state index in [1.807, 2.05) is 25.1 Å². The molecule has 1 aliphatic rings. The smallest absolute Gasteiger partial charge is 0.316 e. The van der Waals surface area contributed by atoms with Crippen LogP contribution < -0.4 is 15.0 Å². The van der Waals surface area contributed by atoms with Crippen LogP contribution in [0.5, 0.6) is 6.01 Å². The molecule has 1 aromatic carbocycles. The van der Waals surface area contributed by atoms with E-state index < -0.39 is 0 Å². The highest BCUT2D eigenvalue weighted by atomic mass is 16.5. The number of aromatic nitrogens is 4. The summed E-state index contributed by atoms with van der Waals surface area (Å²) in [6, 6.07) is 8.64. The lowest BCUT2D eigenvalue weighted by atomic mass is 10.0. The van der Waals surface area contributed by atoms with Gasteiger partial charge in [0.15, 0.2) is 0 Å². The topological polar surface area (TPSA) is 99.9 Å². The van der Waals surface area contributed by atoms with Crippen LogP contribution in [0.3, 0.4) is 0 Å². The summed E-state index contributed by atoms with van der Waals surface area (Å²) in [6.07, 6.45) is 5.85. The fourth-order valence-corrected chi connectivity index (χ4v) is 3.44. The Morgan fingerprint density at radius 2 is 2.03 bits per heavy atom. The molecule has 2 aromatic heterocycles. The van der Waals surface area contributed by atoms with Gasteiger partial charge in [-0.1, -0.05) is 6.07 Å². The quantitative estimate of drug-likeness (QED) is 0.713. The van der Waals surface area contributed by atoms with Gasteiger partial charge in [-0.25, -0.2) is 19.9 Å². The van der Waals surface area contributed by atoms with Crippen LogP contribution >= 0.6 is 0 Å². The number of hydrogen-bond acceptors (Lipinski definition) is 8. The number of hydrogen-bond donors (Lipinski definition) is 1. The first-order chi connectivity index (χ1) is 14.2. The van der Waals surface area contributed by atoms with Crippen molar-refractivity contribution in [2.45, 2.75) is 26.4 Å². The van der Waals surface area contributed by atoms with E-state index in [1.165, 1.54) is 7.11 Å². The summed E-state index contributed by atoms with van der Waals surface area (Å²) in [6.45, 7) is 4.00. The number of ether oxygens (including phenoxy) is 1. The summed E-state index contributed by atoms with van der Waals surface area (Å²) in [5, 5.41) is 12.9. The van der Waals surface area contributed by atoms with Gasteiger partial charge in [0.1, 0.15) is 18.2 Å². The van der Waals surface area contributed by atoms with Crippen molar-refractivity contribution in [3.63, 3.8) is 0 Å². The van der Waals surface area contributed by atoms with Gasteiger partial charge in [0, 0.05) is 49.6 Å². The second kappa shape index (κ2) is 8.10. The van der Waals surface area contributed by atoms with E-state index >= 15 is 0 Å². The number of fused-ring (bicyclic) bond motifs is 1. The highest BCUT2D eigenvalue weighted by Gasteiger charge is 2.23. The summed E-state index contributed by atoms with van der Waals surface area (Å²) in [5.74, 6) is 0.793. The average Bonchev–Trinajstić information content (AvgIpc) is 2.77. The van der Waals surface area contributed by atoms with Crippen LogP contribution in [-0.2, 0) is 19.5 Å². The van der Waals surface area contributed by atoms with Crippen molar-refractivity contribution in [1.82, 2.24) is 19.9 Å². The minimum absolute atomic E-state index is 0.343. The van der Waals surface area contributed by atoms with Crippen molar-refractivity contribution in [2.75, 3.05) is 23.9 Å². The first kappa shape index (κ1) is 18.6. The van der Waals surface area contributed by atoms with E-state index in [9.17, 15) is 5.26 Å². The van der Waals surface area contributed by atoms with Crippen molar-refractivity contribution in [3.8, 4) is 12.1 Å². The SMILES string of the molecule is COc1ncc(CNc2ncnc3c2CN(c2ccc(C)cc2C#N)CC3)cn1. The first-order valence-corrected chi connectivity index (χ1v) is 9.35. The van der Waals surface area contributed by atoms with Crippen LogP contribution in [-0.4, -0.2) is 33.6 Å². The molecule has 0 unspecified atom stereocenters. The van der Waals surface area contributed by atoms with Gasteiger partial charge in [0.05, 0.1) is 24.1 Å². The fourth-order valence-electron chi connectivity index (χ4n) is 3.44. The second-order valence-electron chi connectivity index (χ2n) is 6.88. The number of rotatable bonds is 5. The van der Waals surface area contributed by atoms with Crippen molar-refractivity contribution >= 4 is 11.5 Å². The van der Waals surface area contributed by atoms with Crippen LogP contribution in [0, 0.1) is 18.3 Å². The summed E-state index contributed by atoms with van der Waals surface area (Å²) in [7, 11) is 1.54. The van der Waals surface area contributed by atoms with Crippen LogP contribution in [0.4, 0.5) is 11.5 Å². The van der Waals surface area contributed by atoms with E-state index in [4.69, 9.17) is 4.74 Å². The highest BCUT2D eigenvalue weighted by Crippen LogP contribution is 2.29. The predicted octanol–water partition coefficient (Wildman–Crippen LogP) is 2.63. The number of aryl methyl sites for hydroxylation is 1. The summed E-state index contributed by atoms with van der Waals surface area (Å²) >= 11 is 0. The lowest BCUT2D eigenvalue weighted by Gasteiger charge is -2.31. The Balaban J connectivity index is 1.55. The number of nitrogens with zero attached hydrogens (tertiary/aromatic N) is 6. The van der Waals surface area contributed by atoms with Crippen LogP contribution in [0.1, 0.15) is 27.9 Å². The summed E-state index contributed by atoms with van der Waals surface area (Å²) in [5.41, 5.74) is 5.73. The van der Waals surface area contributed by atoms with Gasteiger partial charge in [-0.15, -0.1) is 0 Å². The number of nitrogens with one attached hydrogen (secondary N) is 1. The molecule has 0 spiro atoms. The number of nitriles is 1. The Hall–Kier alpha value is -3.73. The molecule has 3 aromatic rings. The van der Waals surface area contributed by atoms with E-state index in [0.717, 1.165) is 46.9 Å². The molecule has 0 fully saturated rings. The second-order valence-corrected chi connectivity index (χ2v) is 6.88. The van der Waals surface area contributed by atoms with Crippen molar-refractivity contribution in [2.24, 2.45) is 0 Å². The summed E-state index contributed by atoms with van der Waals surface area (Å²) < 4.78 is 4.99. The third-order valence-electron chi connectivity index (χ3n) is 4.94. The van der Waals surface area contributed by atoms with E-state index in [0.29, 0.717) is 24.7 Å². The molecule has 0 saturated carbocycles. The van der Waals surface area contributed by atoms with Crippen molar-refractivity contribution < 1.29 is 4.74 Å². The molecule has 0 amide bonds. The number of benzene rings is 1. The zero-order valence-corrected chi connectivity index (χ0v) is 16.4. The Morgan fingerprint density at radius 1 is 1.21 bits per heavy atom. The Kier molecular flexibility index (Phi) is 5.20. The monoisotopic (exact) mass is 387 g/mol. The molecule has 3 heterocycles. The normalized spacial score (nSPS) is 12.8. The van der Waals surface area contributed by atoms with Gasteiger partial charge >= 0.3 is 6.01 Å². The number of anilines is 2. The van der Waals surface area contributed by atoms with Crippen LogP contribution in [0.15, 0.2) is 36.9 Å². The van der Waals surface area contributed by atoms with Gasteiger partial charge in [0.2, 0.25) is 0 Å². The van der Waals surface area contributed by atoms with Crippen molar-refractivity contribution in [3.05, 3.63) is 64.9 Å². The molecule has 0 atom stereocenters. The Morgan fingerprint density at radius 3 is 2.79 bits per heavy atom. The predicted molar refractivity (Wildman–Crippen MR) is 109 cm³/mol.